The molecule has 0 spiro atoms. The Morgan fingerprint density at radius 2 is 1.91 bits per heavy atom. The first-order valence-corrected chi connectivity index (χ1v) is 12.5. The average Bonchev–Trinajstić information content (AvgIpc) is 3.38. The lowest BCUT2D eigenvalue weighted by Crippen LogP contribution is -2.42. The van der Waals surface area contributed by atoms with Gasteiger partial charge in [0, 0.05) is 35.4 Å². The van der Waals surface area contributed by atoms with E-state index in [4.69, 9.17) is 0 Å². The van der Waals surface area contributed by atoms with Crippen molar-refractivity contribution in [3.63, 3.8) is 0 Å². The summed E-state index contributed by atoms with van der Waals surface area (Å²) in [5, 5.41) is 8.59. The van der Waals surface area contributed by atoms with Gasteiger partial charge in [-0.2, -0.15) is 5.10 Å². The molecule has 0 aliphatic carbocycles. The first-order valence-electron chi connectivity index (χ1n) is 11.7. The summed E-state index contributed by atoms with van der Waals surface area (Å²) in [6, 6.07) is 15.7. The molecule has 7 nitrogen and oxygen atoms in total. The topological polar surface area (TPSA) is 83.0 Å². The van der Waals surface area contributed by atoms with Crippen molar-refractivity contribution >= 4 is 44.3 Å². The molecule has 4 aromatic rings. The first kappa shape index (κ1) is 23.4. The minimum Gasteiger partial charge on any atom is -0.357 e. The Morgan fingerprint density at radius 3 is 2.63 bits per heavy atom. The molecule has 2 aromatic heterocycles. The fourth-order valence-electron chi connectivity index (χ4n) is 4.82. The normalized spacial score (nSPS) is 17.6. The molecule has 8 heteroatoms. The lowest BCUT2D eigenvalue weighted by atomic mass is 9.82. The van der Waals surface area contributed by atoms with Crippen molar-refractivity contribution in [2.24, 2.45) is 13.0 Å². The number of fused-ring (bicyclic) bond motifs is 2. The number of nitrogens with zero attached hydrogens (tertiary/aromatic N) is 3. The fourth-order valence-corrected chi connectivity index (χ4v) is 5.28. The Balaban J connectivity index is 1.43. The summed E-state index contributed by atoms with van der Waals surface area (Å²) < 4.78 is 2.69. The van der Waals surface area contributed by atoms with Gasteiger partial charge in [-0.1, -0.05) is 38.1 Å². The number of H-pyrrole nitrogens is 1. The van der Waals surface area contributed by atoms with Gasteiger partial charge in [-0.05, 0) is 64.0 Å². The molecule has 0 saturated heterocycles. The molecular weight excluding hydrogens is 506 g/mol. The number of halogens is 1. The number of aryl methyl sites for hydroxylation is 2. The third kappa shape index (κ3) is 4.16. The van der Waals surface area contributed by atoms with Crippen LogP contribution < -0.4 is 10.2 Å². The molecule has 1 aliphatic heterocycles. The van der Waals surface area contributed by atoms with Gasteiger partial charge >= 0.3 is 0 Å². The second-order valence-electron chi connectivity index (χ2n) is 9.31. The lowest BCUT2D eigenvalue weighted by Gasteiger charge is -2.37. The molecule has 2 amide bonds. The summed E-state index contributed by atoms with van der Waals surface area (Å²) in [7, 11) is 1.88. The molecule has 2 atom stereocenters. The van der Waals surface area contributed by atoms with Crippen LogP contribution in [0.4, 0.5) is 5.69 Å². The van der Waals surface area contributed by atoms with Crippen LogP contribution in [0.25, 0.3) is 10.9 Å². The summed E-state index contributed by atoms with van der Waals surface area (Å²) in [5.41, 5.74) is 6.15. The third-order valence-corrected chi connectivity index (χ3v) is 8.11. The molecule has 0 saturated carbocycles. The lowest BCUT2D eigenvalue weighted by molar-refractivity contribution is -0.123. The fraction of sp³-hybridized carbons (Fsp3) is 0.296. The van der Waals surface area contributed by atoms with Crippen molar-refractivity contribution in [3.8, 4) is 0 Å². The zero-order chi connectivity index (χ0) is 24.9. The minimum absolute atomic E-state index is 0.0476. The summed E-state index contributed by atoms with van der Waals surface area (Å²) in [4.78, 5) is 31.6. The molecular formula is C27H28BrN5O2. The maximum Gasteiger partial charge on any atom is 0.251 e. The van der Waals surface area contributed by atoms with E-state index in [-0.39, 0.29) is 23.7 Å². The number of benzene rings is 2. The van der Waals surface area contributed by atoms with Crippen molar-refractivity contribution in [1.82, 2.24) is 20.1 Å². The number of aromatic amines is 1. The minimum atomic E-state index is -0.178. The molecule has 5 rings (SSSR count). The van der Waals surface area contributed by atoms with Crippen LogP contribution in [0.15, 0.2) is 53.0 Å². The van der Waals surface area contributed by atoms with Gasteiger partial charge in [0.1, 0.15) is 0 Å². The quantitative estimate of drug-likeness (QED) is 0.370. The number of hydrogen-bond donors (Lipinski definition) is 2. The van der Waals surface area contributed by atoms with Crippen LogP contribution in [0.1, 0.15) is 52.8 Å². The Bertz CT molecular complexity index is 1420. The molecule has 1 unspecified atom stereocenters. The van der Waals surface area contributed by atoms with Gasteiger partial charge in [-0.3, -0.25) is 14.3 Å². The summed E-state index contributed by atoms with van der Waals surface area (Å²) in [6.07, 6.45) is 0. The van der Waals surface area contributed by atoms with Gasteiger partial charge in [0.15, 0.2) is 0 Å². The van der Waals surface area contributed by atoms with E-state index in [1.807, 2.05) is 69.4 Å². The van der Waals surface area contributed by atoms with Crippen LogP contribution >= 0.6 is 15.9 Å². The van der Waals surface area contributed by atoms with E-state index < -0.39 is 0 Å². The molecule has 0 radical (unpaired) electrons. The van der Waals surface area contributed by atoms with Gasteiger partial charge < -0.3 is 15.2 Å². The number of para-hydroxylation sites is 1. The van der Waals surface area contributed by atoms with E-state index in [1.165, 1.54) is 0 Å². The monoisotopic (exact) mass is 533 g/mol. The zero-order valence-electron chi connectivity index (χ0n) is 20.2. The van der Waals surface area contributed by atoms with Gasteiger partial charge in [-0.15, -0.1) is 0 Å². The summed E-state index contributed by atoms with van der Waals surface area (Å²) in [6.45, 7) is 6.73. The molecule has 1 aliphatic rings. The third-order valence-electron chi connectivity index (χ3n) is 7.07. The van der Waals surface area contributed by atoms with Gasteiger partial charge in [0.2, 0.25) is 5.91 Å². The largest absolute Gasteiger partial charge is 0.357 e. The molecule has 180 valence electrons. The molecule has 2 N–H and O–H groups in total. The van der Waals surface area contributed by atoms with Crippen molar-refractivity contribution in [2.45, 2.75) is 39.8 Å². The van der Waals surface area contributed by atoms with Crippen molar-refractivity contribution in [1.29, 1.82) is 0 Å². The Hall–Kier alpha value is -3.39. The maximum atomic E-state index is 13.4. The summed E-state index contributed by atoms with van der Waals surface area (Å²) in [5.74, 6) is -0.222. The Morgan fingerprint density at radius 1 is 1.14 bits per heavy atom. The van der Waals surface area contributed by atoms with E-state index >= 15 is 0 Å². The van der Waals surface area contributed by atoms with Crippen LogP contribution in [-0.2, 0) is 24.9 Å². The van der Waals surface area contributed by atoms with E-state index in [0.29, 0.717) is 18.7 Å². The second kappa shape index (κ2) is 9.00. The van der Waals surface area contributed by atoms with Crippen LogP contribution in [0.2, 0.25) is 0 Å². The van der Waals surface area contributed by atoms with Crippen LogP contribution in [-0.4, -0.2) is 26.6 Å². The number of nitrogens with one attached hydrogen (secondary N) is 2. The predicted molar refractivity (Wildman–Crippen MR) is 140 cm³/mol. The Labute approximate surface area is 212 Å². The standard InChI is InChI=1S/C27H28BrN5O2/c1-15-16(2)27(35)33(14-24-25(28)17(3)31-32(24)4)23-12-19(9-10-21(15)23)26(34)29-13-20-11-18-7-5-6-8-22(18)30-20/h5-12,15-16,30H,13-14H2,1-4H3,(H,29,34)/t15-,16?/m1/s1. The van der Waals surface area contributed by atoms with Crippen molar-refractivity contribution in [3.05, 3.63) is 81.2 Å². The highest BCUT2D eigenvalue weighted by molar-refractivity contribution is 9.10. The Kier molecular flexibility index (Phi) is 6.01. The highest BCUT2D eigenvalue weighted by Crippen LogP contribution is 2.41. The smallest absolute Gasteiger partial charge is 0.251 e. The van der Waals surface area contributed by atoms with E-state index in [2.05, 4.69) is 38.3 Å². The number of rotatable bonds is 5. The number of aromatic nitrogens is 3. The number of anilines is 1. The van der Waals surface area contributed by atoms with Gasteiger partial charge in [0.05, 0.1) is 29.0 Å². The maximum absolute atomic E-state index is 13.4. The van der Waals surface area contributed by atoms with Crippen LogP contribution in [0, 0.1) is 12.8 Å². The highest BCUT2D eigenvalue weighted by Gasteiger charge is 2.36. The van der Waals surface area contributed by atoms with E-state index in [0.717, 1.165) is 43.7 Å². The van der Waals surface area contributed by atoms with Gasteiger partial charge in [0.25, 0.3) is 5.91 Å². The average molecular weight is 534 g/mol. The van der Waals surface area contributed by atoms with Crippen molar-refractivity contribution < 1.29 is 9.59 Å². The van der Waals surface area contributed by atoms with Gasteiger partial charge in [-0.25, -0.2) is 0 Å². The number of amides is 2. The van der Waals surface area contributed by atoms with Crippen LogP contribution in [0.5, 0.6) is 0 Å². The zero-order valence-corrected chi connectivity index (χ0v) is 21.8. The predicted octanol–water partition coefficient (Wildman–Crippen LogP) is 5.19. The van der Waals surface area contributed by atoms with Crippen LogP contribution in [0.3, 0.4) is 0 Å². The molecule has 3 heterocycles. The second-order valence-corrected chi connectivity index (χ2v) is 10.1. The molecule has 35 heavy (non-hydrogen) atoms. The number of carbonyl (C=O) groups is 2. The summed E-state index contributed by atoms with van der Waals surface area (Å²) >= 11 is 3.62. The molecule has 0 bridgehead atoms. The SMILES string of the molecule is Cc1nn(C)c(CN2C(=O)C(C)[C@@H](C)c3ccc(C(=O)NCc4cc5ccccc5[nH]4)cc32)c1Br. The van der Waals surface area contributed by atoms with E-state index in [9.17, 15) is 9.59 Å². The first-order chi connectivity index (χ1) is 16.7. The van der Waals surface area contributed by atoms with Crippen molar-refractivity contribution in [2.75, 3.05) is 4.90 Å². The number of carbonyl (C=O) groups excluding carboxylic acids is 2. The number of hydrogen-bond acceptors (Lipinski definition) is 3. The van der Waals surface area contributed by atoms with E-state index in [1.54, 1.807) is 9.58 Å². The molecule has 0 fully saturated rings. The highest BCUT2D eigenvalue weighted by atomic mass is 79.9. The molecule has 2 aromatic carbocycles.